The first kappa shape index (κ1) is 17.7. The van der Waals surface area contributed by atoms with Gasteiger partial charge in [0.2, 0.25) is 5.43 Å². The Morgan fingerprint density at radius 3 is 2.54 bits per heavy atom. The predicted molar refractivity (Wildman–Crippen MR) is 105 cm³/mol. The molecule has 2 bridgehead atoms. The number of piperidine rings is 1. The first-order chi connectivity index (χ1) is 13.4. The summed E-state index contributed by atoms with van der Waals surface area (Å²) < 4.78 is 17.0. The quantitative estimate of drug-likeness (QED) is 0.880. The Labute approximate surface area is 162 Å². The van der Waals surface area contributed by atoms with Gasteiger partial charge in [-0.3, -0.25) is 4.79 Å². The Bertz CT molecular complexity index is 1030. The van der Waals surface area contributed by atoms with Gasteiger partial charge in [0, 0.05) is 43.3 Å². The minimum absolute atomic E-state index is 0.156. The summed E-state index contributed by atoms with van der Waals surface area (Å²) in [4.78, 5) is 28.6. The summed E-state index contributed by atoms with van der Waals surface area (Å²) in [6.07, 6.45) is 5.62. The van der Waals surface area contributed by atoms with Crippen LogP contribution in [-0.4, -0.2) is 53.3 Å². The number of carbonyl (C=O) groups is 1. The molecular weight excluding hydrogens is 361 g/mol. The van der Waals surface area contributed by atoms with Crippen LogP contribution in [0.3, 0.4) is 0 Å². The number of benzene rings is 1. The highest BCUT2D eigenvalue weighted by Crippen LogP contribution is 2.39. The van der Waals surface area contributed by atoms with Gasteiger partial charge in [-0.2, -0.15) is 0 Å². The van der Waals surface area contributed by atoms with E-state index in [-0.39, 0.29) is 17.0 Å². The Hall–Kier alpha value is -2.41. The zero-order chi connectivity index (χ0) is 19.6. The number of pyridine rings is 1. The van der Waals surface area contributed by atoms with E-state index >= 15 is 4.39 Å². The summed E-state index contributed by atoms with van der Waals surface area (Å²) >= 11 is 0. The number of aromatic nitrogens is 1. The Balaban J connectivity index is 1.66. The van der Waals surface area contributed by atoms with Crippen LogP contribution in [0.2, 0.25) is 0 Å². The van der Waals surface area contributed by atoms with E-state index in [9.17, 15) is 14.7 Å². The summed E-state index contributed by atoms with van der Waals surface area (Å²) in [6.45, 7) is 2.62. The lowest BCUT2D eigenvalue weighted by atomic mass is 9.96. The van der Waals surface area contributed by atoms with Gasteiger partial charge in [-0.15, -0.1) is 0 Å². The van der Waals surface area contributed by atoms with Crippen LogP contribution in [0.5, 0.6) is 0 Å². The topological polar surface area (TPSA) is 65.8 Å². The number of rotatable bonds is 3. The van der Waals surface area contributed by atoms with Crippen molar-refractivity contribution in [2.24, 2.45) is 5.92 Å². The van der Waals surface area contributed by atoms with Gasteiger partial charge in [-0.05, 0) is 50.8 Å². The number of likely N-dealkylation sites (N-methyl/N-ethyl adjacent to an activating group) is 1. The molecular formula is C21H24FN3O3. The lowest BCUT2D eigenvalue weighted by Crippen LogP contribution is -2.41. The lowest BCUT2D eigenvalue weighted by Gasteiger charge is -2.32. The third kappa shape index (κ3) is 2.80. The molecule has 2 atom stereocenters. The molecule has 4 heterocycles. The molecule has 1 saturated carbocycles. The molecule has 2 aromatic rings. The van der Waals surface area contributed by atoms with Crippen LogP contribution in [0.4, 0.5) is 10.1 Å². The number of anilines is 1. The summed E-state index contributed by atoms with van der Waals surface area (Å²) in [7, 11) is 2.13. The summed E-state index contributed by atoms with van der Waals surface area (Å²) in [6, 6.07) is 3.61. The first-order valence-electron chi connectivity index (χ1n) is 9.99. The highest BCUT2D eigenvalue weighted by Gasteiger charge is 2.34. The maximum absolute atomic E-state index is 15.1. The predicted octanol–water partition coefficient (Wildman–Crippen LogP) is 2.70. The summed E-state index contributed by atoms with van der Waals surface area (Å²) in [5, 5.41) is 9.54. The number of hydrogen-bond donors (Lipinski definition) is 1. The number of aromatic carboxylic acids is 1. The van der Waals surface area contributed by atoms with Crippen LogP contribution in [0.15, 0.2) is 23.1 Å². The lowest BCUT2D eigenvalue weighted by molar-refractivity contribution is 0.0695. The molecule has 6 rings (SSSR count). The van der Waals surface area contributed by atoms with Gasteiger partial charge in [0.15, 0.2) is 0 Å². The van der Waals surface area contributed by atoms with Gasteiger partial charge in [0.05, 0.1) is 11.2 Å². The van der Waals surface area contributed by atoms with Crippen molar-refractivity contribution in [3.05, 3.63) is 39.9 Å². The molecule has 6 nitrogen and oxygen atoms in total. The fourth-order valence-corrected chi connectivity index (χ4v) is 4.92. The summed E-state index contributed by atoms with van der Waals surface area (Å²) in [5.41, 5.74) is 0.261. The molecule has 1 aromatic heterocycles. The maximum atomic E-state index is 15.1. The minimum atomic E-state index is -1.27. The van der Waals surface area contributed by atoms with Crippen molar-refractivity contribution in [3.8, 4) is 0 Å². The standard InChI is InChI=1S/C21H24FN3O3/c1-23-8-12-2-3-14(23)10-24(9-12)19-7-18-15(6-17(19)22)20(26)16(21(27)28)11-25(18)13-4-5-13/h6-7,11-14H,2-5,8-10H2,1H3,(H,27,28). The van der Waals surface area contributed by atoms with E-state index in [2.05, 4.69) is 16.8 Å². The number of carboxylic acid groups (broad SMARTS) is 1. The second kappa shape index (κ2) is 6.30. The molecule has 0 spiro atoms. The Morgan fingerprint density at radius 2 is 1.86 bits per heavy atom. The van der Waals surface area contributed by atoms with E-state index in [4.69, 9.17) is 0 Å². The van der Waals surface area contributed by atoms with Gasteiger partial charge in [-0.1, -0.05) is 0 Å². The fourth-order valence-electron chi connectivity index (χ4n) is 4.92. The normalized spacial score (nSPS) is 25.3. The van der Waals surface area contributed by atoms with E-state index in [1.165, 1.54) is 12.3 Å². The molecule has 4 fully saturated rings. The van der Waals surface area contributed by atoms with Crippen LogP contribution in [0, 0.1) is 11.7 Å². The average molecular weight is 385 g/mol. The molecule has 3 saturated heterocycles. The highest BCUT2D eigenvalue weighted by molar-refractivity contribution is 5.93. The summed E-state index contributed by atoms with van der Waals surface area (Å²) in [5.74, 6) is -1.20. The van der Waals surface area contributed by atoms with E-state index in [0.29, 0.717) is 23.2 Å². The van der Waals surface area contributed by atoms with Crippen molar-refractivity contribution in [2.45, 2.75) is 37.8 Å². The third-order valence-corrected chi connectivity index (χ3v) is 6.60. The van der Waals surface area contributed by atoms with Gasteiger partial charge in [0.25, 0.3) is 0 Å². The monoisotopic (exact) mass is 385 g/mol. The first-order valence-corrected chi connectivity index (χ1v) is 9.99. The Kier molecular flexibility index (Phi) is 3.98. The van der Waals surface area contributed by atoms with Crippen molar-refractivity contribution in [3.63, 3.8) is 0 Å². The average Bonchev–Trinajstić information content (AvgIpc) is 3.49. The second-order valence-electron chi connectivity index (χ2n) is 8.58. The van der Waals surface area contributed by atoms with Gasteiger partial charge in [0.1, 0.15) is 11.4 Å². The highest BCUT2D eigenvalue weighted by atomic mass is 19.1. The van der Waals surface area contributed by atoms with Gasteiger partial charge >= 0.3 is 5.97 Å². The molecule has 1 aromatic carbocycles. The van der Waals surface area contributed by atoms with Crippen molar-refractivity contribution in [1.82, 2.24) is 9.47 Å². The van der Waals surface area contributed by atoms with Crippen LogP contribution in [0.1, 0.15) is 42.1 Å². The molecule has 28 heavy (non-hydrogen) atoms. The number of fused-ring (bicyclic) bond motifs is 5. The van der Waals surface area contributed by atoms with Crippen LogP contribution in [-0.2, 0) is 0 Å². The number of halogens is 1. The molecule has 1 N–H and O–H groups in total. The zero-order valence-electron chi connectivity index (χ0n) is 15.9. The van der Waals surface area contributed by atoms with Crippen molar-refractivity contribution in [1.29, 1.82) is 0 Å². The zero-order valence-corrected chi connectivity index (χ0v) is 15.9. The second-order valence-corrected chi connectivity index (χ2v) is 8.58. The number of nitrogens with zero attached hydrogens (tertiary/aromatic N) is 3. The van der Waals surface area contributed by atoms with E-state index in [1.54, 1.807) is 6.07 Å². The van der Waals surface area contributed by atoms with E-state index in [0.717, 1.165) is 45.3 Å². The molecule has 3 aliphatic heterocycles. The molecule has 148 valence electrons. The Morgan fingerprint density at radius 1 is 1.11 bits per heavy atom. The fraction of sp³-hybridized carbons (Fsp3) is 0.524. The van der Waals surface area contributed by atoms with E-state index < -0.39 is 17.2 Å². The van der Waals surface area contributed by atoms with Gasteiger partial charge < -0.3 is 19.5 Å². The number of carboxylic acids is 1. The van der Waals surface area contributed by atoms with Crippen LogP contribution < -0.4 is 10.3 Å². The van der Waals surface area contributed by atoms with Crippen molar-refractivity contribution < 1.29 is 14.3 Å². The van der Waals surface area contributed by atoms with Crippen LogP contribution in [0.25, 0.3) is 10.9 Å². The molecule has 0 amide bonds. The molecule has 4 aliphatic rings. The number of hydrogen-bond acceptors (Lipinski definition) is 4. The minimum Gasteiger partial charge on any atom is -0.477 e. The van der Waals surface area contributed by atoms with Crippen molar-refractivity contribution >= 4 is 22.6 Å². The SMILES string of the molecule is CN1CC2CCC1CN(c1cc3c(cc1F)c(=O)c(C(=O)O)cn3C1CC1)C2. The van der Waals surface area contributed by atoms with Crippen molar-refractivity contribution in [2.75, 3.05) is 31.6 Å². The molecule has 2 unspecified atom stereocenters. The largest absolute Gasteiger partial charge is 0.477 e. The maximum Gasteiger partial charge on any atom is 0.341 e. The molecule has 0 radical (unpaired) electrons. The van der Waals surface area contributed by atoms with Gasteiger partial charge in [-0.25, -0.2) is 9.18 Å². The molecule has 7 heteroatoms. The van der Waals surface area contributed by atoms with Crippen LogP contribution >= 0.6 is 0 Å². The third-order valence-electron chi connectivity index (χ3n) is 6.60. The molecule has 1 aliphatic carbocycles. The smallest absolute Gasteiger partial charge is 0.341 e. The van der Waals surface area contributed by atoms with E-state index in [1.807, 2.05) is 4.57 Å².